The van der Waals surface area contributed by atoms with E-state index in [2.05, 4.69) is 0 Å². The topological polar surface area (TPSA) is 53.7 Å². The van der Waals surface area contributed by atoms with E-state index in [-0.39, 0.29) is 11.9 Å². The van der Waals surface area contributed by atoms with Gasteiger partial charge in [-0.15, -0.1) is 0 Å². The van der Waals surface area contributed by atoms with Gasteiger partial charge in [-0.2, -0.15) is 0 Å². The lowest BCUT2D eigenvalue weighted by Crippen LogP contribution is -2.46. The minimum atomic E-state index is -0.433. The van der Waals surface area contributed by atoms with Crippen molar-refractivity contribution in [3.05, 3.63) is 35.6 Å². The average molecular weight is 287 g/mol. The molecule has 21 heavy (non-hydrogen) atoms. The minimum absolute atomic E-state index is 0.112. The summed E-state index contributed by atoms with van der Waals surface area (Å²) >= 11 is 0. The molecule has 1 amide bonds. The van der Waals surface area contributed by atoms with E-state index < -0.39 is 6.10 Å². The van der Waals surface area contributed by atoms with Gasteiger partial charge in [-0.25, -0.2) is 0 Å². The first-order chi connectivity index (χ1) is 10.1. The van der Waals surface area contributed by atoms with E-state index in [9.17, 15) is 9.90 Å². The molecule has 0 saturated heterocycles. The zero-order chi connectivity index (χ0) is 15.0. The molecule has 1 aromatic heterocycles. The number of nitrogens with zero attached hydrogens (tertiary/aromatic N) is 1. The number of rotatable bonds is 2. The zero-order valence-electron chi connectivity index (χ0n) is 12.5. The van der Waals surface area contributed by atoms with E-state index in [1.54, 1.807) is 11.9 Å². The number of furan rings is 1. The van der Waals surface area contributed by atoms with Crippen molar-refractivity contribution in [2.75, 3.05) is 7.05 Å². The van der Waals surface area contributed by atoms with Crippen LogP contribution in [0.25, 0.3) is 11.0 Å². The van der Waals surface area contributed by atoms with Crippen LogP contribution in [-0.2, 0) is 0 Å². The van der Waals surface area contributed by atoms with Gasteiger partial charge in [-0.05, 0) is 25.8 Å². The molecule has 2 unspecified atom stereocenters. The van der Waals surface area contributed by atoms with Gasteiger partial charge >= 0.3 is 0 Å². The monoisotopic (exact) mass is 287 g/mol. The van der Waals surface area contributed by atoms with Gasteiger partial charge < -0.3 is 14.4 Å². The molecule has 1 heterocycles. The first-order valence-corrected chi connectivity index (χ1v) is 7.53. The lowest BCUT2D eigenvalue weighted by Gasteiger charge is -2.34. The van der Waals surface area contributed by atoms with Gasteiger partial charge in [0.25, 0.3) is 5.91 Å². The van der Waals surface area contributed by atoms with Crippen LogP contribution in [0.5, 0.6) is 0 Å². The molecule has 0 radical (unpaired) electrons. The van der Waals surface area contributed by atoms with Crippen LogP contribution in [0.15, 0.2) is 28.7 Å². The first-order valence-electron chi connectivity index (χ1n) is 7.53. The lowest BCUT2D eigenvalue weighted by atomic mass is 9.91. The molecule has 1 saturated carbocycles. The number of amides is 1. The number of hydrogen-bond acceptors (Lipinski definition) is 3. The number of carbonyl (C=O) groups is 1. The van der Waals surface area contributed by atoms with Crippen molar-refractivity contribution in [1.29, 1.82) is 0 Å². The number of hydrogen-bond donors (Lipinski definition) is 1. The number of aliphatic hydroxyl groups is 1. The van der Waals surface area contributed by atoms with Crippen LogP contribution < -0.4 is 0 Å². The van der Waals surface area contributed by atoms with E-state index in [4.69, 9.17) is 4.42 Å². The minimum Gasteiger partial charge on any atom is -0.451 e. The largest absolute Gasteiger partial charge is 0.451 e. The third-order valence-corrected chi connectivity index (χ3v) is 4.55. The van der Waals surface area contributed by atoms with Crippen LogP contribution in [0.3, 0.4) is 0 Å². The van der Waals surface area contributed by atoms with Crippen LogP contribution in [0, 0.1) is 6.92 Å². The molecule has 3 rings (SSSR count). The van der Waals surface area contributed by atoms with Crippen LogP contribution in [0.4, 0.5) is 0 Å². The Kier molecular flexibility index (Phi) is 3.72. The number of aliphatic hydroxyl groups excluding tert-OH is 1. The summed E-state index contributed by atoms with van der Waals surface area (Å²) in [5.74, 6) is 0.242. The van der Waals surface area contributed by atoms with E-state index in [1.165, 1.54) is 0 Å². The number of fused-ring (bicyclic) bond motifs is 1. The molecule has 1 fully saturated rings. The predicted octanol–water partition coefficient (Wildman–Crippen LogP) is 3.12. The summed E-state index contributed by atoms with van der Waals surface area (Å²) in [6.45, 7) is 1.91. The second-order valence-corrected chi connectivity index (χ2v) is 5.89. The highest BCUT2D eigenvalue weighted by Crippen LogP contribution is 2.28. The van der Waals surface area contributed by atoms with Crippen LogP contribution in [0.2, 0.25) is 0 Å². The van der Waals surface area contributed by atoms with E-state index >= 15 is 0 Å². The second-order valence-electron chi connectivity index (χ2n) is 5.89. The fourth-order valence-electron chi connectivity index (χ4n) is 3.23. The summed E-state index contributed by atoms with van der Waals surface area (Å²) in [5, 5.41) is 11.1. The standard InChI is InChI=1S/C17H21NO3/c1-11-12-7-3-6-10-15(12)21-16(11)17(20)18(2)13-8-4-5-9-14(13)19/h3,6-7,10,13-14,19H,4-5,8-9H2,1-2H3. The van der Waals surface area contributed by atoms with E-state index in [0.29, 0.717) is 5.76 Å². The quantitative estimate of drug-likeness (QED) is 0.923. The van der Waals surface area contributed by atoms with Crippen molar-refractivity contribution in [2.45, 2.75) is 44.8 Å². The van der Waals surface area contributed by atoms with E-state index in [1.807, 2.05) is 31.2 Å². The molecule has 4 heteroatoms. The molecule has 1 N–H and O–H groups in total. The molecule has 112 valence electrons. The van der Waals surface area contributed by atoms with Gasteiger partial charge in [0, 0.05) is 18.0 Å². The molecule has 0 bridgehead atoms. The third kappa shape index (κ3) is 2.44. The molecule has 1 aromatic carbocycles. The molecular weight excluding hydrogens is 266 g/mol. The highest BCUT2D eigenvalue weighted by atomic mass is 16.3. The fourth-order valence-corrected chi connectivity index (χ4v) is 3.23. The summed E-state index contributed by atoms with van der Waals surface area (Å²) in [6.07, 6.45) is 3.27. The Morgan fingerprint density at radius 2 is 2.00 bits per heavy atom. The molecule has 0 spiro atoms. The molecule has 2 atom stereocenters. The van der Waals surface area contributed by atoms with Crippen molar-refractivity contribution in [3.63, 3.8) is 0 Å². The Morgan fingerprint density at radius 1 is 1.29 bits per heavy atom. The molecule has 4 nitrogen and oxygen atoms in total. The summed E-state index contributed by atoms with van der Waals surface area (Å²) in [7, 11) is 1.76. The Labute approximate surface area is 124 Å². The number of para-hydroxylation sites is 1. The van der Waals surface area contributed by atoms with Crippen LogP contribution in [-0.4, -0.2) is 35.1 Å². The maximum absolute atomic E-state index is 12.7. The summed E-state index contributed by atoms with van der Waals surface area (Å²) in [4.78, 5) is 14.3. The number of likely N-dealkylation sites (N-methyl/N-ethyl adjacent to an activating group) is 1. The predicted molar refractivity (Wildman–Crippen MR) is 81.3 cm³/mol. The lowest BCUT2D eigenvalue weighted by molar-refractivity contribution is 0.0250. The van der Waals surface area contributed by atoms with Gasteiger partial charge in [0.1, 0.15) is 5.58 Å². The Bertz CT molecular complexity index is 661. The van der Waals surface area contributed by atoms with Crippen LogP contribution >= 0.6 is 0 Å². The summed E-state index contributed by atoms with van der Waals surface area (Å²) < 4.78 is 5.73. The molecule has 1 aliphatic rings. The smallest absolute Gasteiger partial charge is 0.289 e. The molecule has 1 aliphatic carbocycles. The van der Waals surface area contributed by atoms with Crippen molar-refractivity contribution in [2.24, 2.45) is 0 Å². The highest BCUT2D eigenvalue weighted by Gasteiger charge is 2.32. The number of aryl methyl sites for hydroxylation is 1. The SMILES string of the molecule is Cc1c(C(=O)N(C)C2CCCCC2O)oc2ccccc12. The van der Waals surface area contributed by atoms with Gasteiger partial charge in [0.05, 0.1) is 12.1 Å². The van der Waals surface area contributed by atoms with Gasteiger partial charge in [0.2, 0.25) is 0 Å². The molecule has 2 aromatic rings. The van der Waals surface area contributed by atoms with Gasteiger partial charge in [-0.1, -0.05) is 31.0 Å². The zero-order valence-corrected chi connectivity index (χ0v) is 12.5. The Morgan fingerprint density at radius 3 is 2.71 bits per heavy atom. The van der Waals surface area contributed by atoms with Crippen molar-refractivity contribution in [1.82, 2.24) is 4.90 Å². The van der Waals surface area contributed by atoms with Gasteiger partial charge in [-0.3, -0.25) is 4.79 Å². The maximum atomic E-state index is 12.7. The Balaban J connectivity index is 1.91. The third-order valence-electron chi connectivity index (χ3n) is 4.55. The van der Waals surface area contributed by atoms with Crippen molar-refractivity contribution >= 4 is 16.9 Å². The number of carbonyl (C=O) groups excluding carboxylic acids is 1. The normalized spacial score (nSPS) is 22.4. The first kappa shape index (κ1) is 14.1. The highest BCUT2D eigenvalue weighted by molar-refractivity contribution is 5.98. The Hall–Kier alpha value is -1.81. The maximum Gasteiger partial charge on any atom is 0.289 e. The van der Waals surface area contributed by atoms with Crippen molar-refractivity contribution in [3.8, 4) is 0 Å². The van der Waals surface area contributed by atoms with Crippen molar-refractivity contribution < 1.29 is 14.3 Å². The number of benzene rings is 1. The summed E-state index contributed by atoms with van der Waals surface area (Å²) in [5.41, 5.74) is 1.60. The average Bonchev–Trinajstić information content (AvgIpc) is 2.84. The van der Waals surface area contributed by atoms with Crippen LogP contribution in [0.1, 0.15) is 41.8 Å². The van der Waals surface area contributed by atoms with Gasteiger partial charge in [0.15, 0.2) is 5.76 Å². The van der Waals surface area contributed by atoms with E-state index in [0.717, 1.165) is 42.2 Å². The fraction of sp³-hybridized carbons (Fsp3) is 0.471. The molecular formula is C17H21NO3. The summed E-state index contributed by atoms with van der Waals surface area (Å²) in [6, 6.07) is 7.55. The molecule has 0 aliphatic heterocycles. The second kappa shape index (κ2) is 5.53.